The fourth-order valence-corrected chi connectivity index (χ4v) is 1.66. The van der Waals surface area contributed by atoms with Crippen LogP contribution in [0, 0.1) is 6.92 Å². The minimum absolute atomic E-state index is 0.00585. The second-order valence-corrected chi connectivity index (χ2v) is 4.07. The van der Waals surface area contributed by atoms with Crippen molar-refractivity contribution in [3.05, 3.63) is 66.6 Å². The molecule has 0 aromatic heterocycles. The first-order valence-electron chi connectivity index (χ1n) is 5.83. The van der Waals surface area contributed by atoms with Gasteiger partial charge >= 0.3 is 6.36 Å². The van der Waals surface area contributed by atoms with E-state index in [0.29, 0.717) is 5.56 Å². The van der Waals surface area contributed by atoms with Crippen molar-refractivity contribution in [3.63, 3.8) is 0 Å². The molecule has 0 saturated carbocycles. The van der Waals surface area contributed by atoms with Crippen LogP contribution in [-0.4, -0.2) is 6.36 Å². The van der Waals surface area contributed by atoms with Crippen LogP contribution in [0.3, 0.4) is 0 Å². The van der Waals surface area contributed by atoms with Gasteiger partial charge < -0.3 is 9.47 Å². The number of alkyl halides is 3. The SMILES string of the molecule is [CH2]c1cccc(OC(F)(F)F)c1OCc1ccccc1. The van der Waals surface area contributed by atoms with Crippen LogP contribution in [-0.2, 0) is 6.61 Å². The molecule has 0 unspecified atom stereocenters. The van der Waals surface area contributed by atoms with Gasteiger partial charge in [-0.15, -0.1) is 13.2 Å². The number of halogens is 3. The van der Waals surface area contributed by atoms with Gasteiger partial charge in [0.2, 0.25) is 0 Å². The third-order valence-electron chi connectivity index (χ3n) is 2.51. The first kappa shape index (κ1) is 14.2. The number of benzene rings is 2. The zero-order valence-electron chi connectivity index (χ0n) is 10.5. The molecule has 2 rings (SSSR count). The number of para-hydroxylation sites is 1. The van der Waals surface area contributed by atoms with Gasteiger partial charge in [0, 0.05) is 0 Å². The van der Waals surface area contributed by atoms with Gasteiger partial charge in [0.25, 0.3) is 0 Å². The van der Waals surface area contributed by atoms with Gasteiger partial charge in [0.15, 0.2) is 11.5 Å². The molecular weight excluding hydrogens is 269 g/mol. The Labute approximate surface area is 114 Å². The number of ether oxygens (including phenoxy) is 2. The molecule has 2 aromatic rings. The highest BCUT2D eigenvalue weighted by molar-refractivity contribution is 5.48. The van der Waals surface area contributed by atoms with E-state index in [9.17, 15) is 13.2 Å². The lowest BCUT2D eigenvalue weighted by molar-refractivity contribution is -0.275. The smallest absolute Gasteiger partial charge is 0.485 e. The summed E-state index contributed by atoms with van der Waals surface area (Å²) < 4.78 is 46.3. The first-order chi connectivity index (χ1) is 9.46. The van der Waals surface area contributed by atoms with E-state index >= 15 is 0 Å². The van der Waals surface area contributed by atoms with Gasteiger partial charge in [0.1, 0.15) is 6.61 Å². The van der Waals surface area contributed by atoms with Gasteiger partial charge in [-0.1, -0.05) is 42.5 Å². The molecule has 2 aromatic carbocycles. The van der Waals surface area contributed by atoms with Gasteiger partial charge in [-0.2, -0.15) is 0 Å². The fraction of sp³-hybridized carbons (Fsp3) is 0.133. The van der Waals surface area contributed by atoms with Crippen molar-refractivity contribution in [2.75, 3.05) is 0 Å². The quantitative estimate of drug-likeness (QED) is 0.829. The molecule has 0 N–H and O–H groups in total. The second kappa shape index (κ2) is 5.86. The van der Waals surface area contributed by atoms with E-state index in [4.69, 9.17) is 4.74 Å². The Morgan fingerprint density at radius 3 is 2.30 bits per heavy atom. The Balaban J connectivity index is 2.18. The van der Waals surface area contributed by atoms with E-state index in [-0.39, 0.29) is 18.1 Å². The summed E-state index contributed by atoms with van der Waals surface area (Å²) in [4.78, 5) is 0. The number of hydrogen-bond acceptors (Lipinski definition) is 2. The Hall–Kier alpha value is -2.17. The average Bonchev–Trinajstić information content (AvgIpc) is 2.37. The second-order valence-electron chi connectivity index (χ2n) is 4.07. The van der Waals surface area contributed by atoms with Crippen molar-refractivity contribution in [1.82, 2.24) is 0 Å². The van der Waals surface area contributed by atoms with Crippen LogP contribution in [0.4, 0.5) is 13.2 Å². The van der Waals surface area contributed by atoms with Crippen LogP contribution in [0.1, 0.15) is 11.1 Å². The predicted molar refractivity (Wildman–Crippen MR) is 68.4 cm³/mol. The lowest BCUT2D eigenvalue weighted by Crippen LogP contribution is -2.18. The highest BCUT2D eigenvalue weighted by Gasteiger charge is 2.32. The highest BCUT2D eigenvalue weighted by Crippen LogP contribution is 2.35. The maximum absolute atomic E-state index is 12.3. The topological polar surface area (TPSA) is 18.5 Å². The van der Waals surface area contributed by atoms with Crippen LogP contribution in [0.25, 0.3) is 0 Å². The van der Waals surface area contributed by atoms with Crippen LogP contribution in [0.2, 0.25) is 0 Å². The minimum Gasteiger partial charge on any atom is -0.485 e. The number of hydrogen-bond donors (Lipinski definition) is 0. The summed E-state index contributed by atoms with van der Waals surface area (Å²) in [5, 5.41) is 0. The van der Waals surface area contributed by atoms with E-state index in [1.807, 2.05) is 30.3 Å². The van der Waals surface area contributed by atoms with E-state index in [1.165, 1.54) is 12.1 Å². The third kappa shape index (κ3) is 3.91. The molecular formula is C15H12F3O2. The molecule has 0 saturated heterocycles. The Bertz CT molecular complexity index is 565. The molecule has 0 amide bonds. The van der Waals surface area contributed by atoms with Crippen molar-refractivity contribution in [3.8, 4) is 11.5 Å². The number of rotatable bonds is 4. The summed E-state index contributed by atoms with van der Waals surface area (Å²) in [6, 6.07) is 13.3. The van der Waals surface area contributed by atoms with E-state index in [0.717, 1.165) is 5.56 Å². The zero-order valence-corrected chi connectivity index (χ0v) is 10.5. The molecule has 5 heteroatoms. The molecule has 20 heavy (non-hydrogen) atoms. The van der Waals surface area contributed by atoms with Crippen molar-refractivity contribution < 1.29 is 22.6 Å². The molecule has 0 spiro atoms. The summed E-state index contributed by atoms with van der Waals surface area (Å²) in [6.45, 7) is 3.79. The Morgan fingerprint density at radius 2 is 1.65 bits per heavy atom. The van der Waals surface area contributed by atoms with E-state index < -0.39 is 6.36 Å². The predicted octanol–water partition coefficient (Wildman–Crippen LogP) is 4.35. The lowest BCUT2D eigenvalue weighted by Gasteiger charge is -2.15. The summed E-state index contributed by atoms with van der Waals surface area (Å²) in [5.41, 5.74) is 1.18. The van der Waals surface area contributed by atoms with Crippen LogP contribution >= 0.6 is 0 Å². The van der Waals surface area contributed by atoms with Gasteiger partial charge in [-0.25, -0.2) is 0 Å². The van der Waals surface area contributed by atoms with Crippen LogP contribution in [0.15, 0.2) is 48.5 Å². The van der Waals surface area contributed by atoms with Crippen LogP contribution < -0.4 is 9.47 Å². The van der Waals surface area contributed by atoms with Gasteiger partial charge in [0.05, 0.1) is 0 Å². The molecule has 0 heterocycles. The summed E-state index contributed by atoms with van der Waals surface area (Å²) in [6.07, 6.45) is -4.77. The molecule has 0 atom stereocenters. The molecule has 0 aliphatic rings. The molecule has 1 radical (unpaired) electrons. The standard InChI is InChI=1S/C15H12F3O2/c1-11-6-5-9-13(20-15(16,17)18)14(11)19-10-12-7-3-2-4-8-12/h2-9H,1,10H2. The highest BCUT2D eigenvalue weighted by atomic mass is 19.4. The van der Waals surface area contributed by atoms with Gasteiger partial charge in [-0.3, -0.25) is 0 Å². The van der Waals surface area contributed by atoms with E-state index in [2.05, 4.69) is 11.7 Å². The van der Waals surface area contributed by atoms with E-state index in [1.54, 1.807) is 6.07 Å². The summed E-state index contributed by atoms with van der Waals surface area (Å²) >= 11 is 0. The molecule has 0 fully saturated rings. The minimum atomic E-state index is -4.77. The molecule has 0 aliphatic heterocycles. The largest absolute Gasteiger partial charge is 0.573 e. The lowest BCUT2D eigenvalue weighted by atomic mass is 10.2. The Kier molecular flexibility index (Phi) is 4.17. The Morgan fingerprint density at radius 1 is 0.950 bits per heavy atom. The van der Waals surface area contributed by atoms with Gasteiger partial charge in [-0.05, 0) is 24.1 Å². The third-order valence-corrected chi connectivity index (χ3v) is 2.51. The summed E-state index contributed by atoms with van der Waals surface area (Å²) in [7, 11) is 0. The molecule has 105 valence electrons. The fourth-order valence-electron chi connectivity index (χ4n) is 1.66. The normalized spacial score (nSPS) is 11.2. The van der Waals surface area contributed by atoms with Crippen molar-refractivity contribution in [2.45, 2.75) is 13.0 Å². The van der Waals surface area contributed by atoms with Crippen molar-refractivity contribution >= 4 is 0 Å². The maximum atomic E-state index is 12.3. The average molecular weight is 281 g/mol. The van der Waals surface area contributed by atoms with Crippen molar-refractivity contribution in [1.29, 1.82) is 0 Å². The molecule has 2 nitrogen and oxygen atoms in total. The monoisotopic (exact) mass is 281 g/mol. The molecule has 0 aliphatic carbocycles. The summed E-state index contributed by atoms with van der Waals surface area (Å²) in [5.74, 6) is -0.394. The zero-order chi connectivity index (χ0) is 14.6. The first-order valence-corrected chi connectivity index (χ1v) is 5.83. The molecule has 0 bridgehead atoms. The van der Waals surface area contributed by atoms with Crippen LogP contribution in [0.5, 0.6) is 11.5 Å². The van der Waals surface area contributed by atoms with Crippen molar-refractivity contribution in [2.24, 2.45) is 0 Å². The maximum Gasteiger partial charge on any atom is 0.573 e.